The van der Waals surface area contributed by atoms with Gasteiger partial charge in [-0.1, -0.05) is 13.3 Å². The first-order valence-electron chi connectivity index (χ1n) is 7.14. The number of rotatable bonds is 4. The van der Waals surface area contributed by atoms with Gasteiger partial charge in [0.25, 0.3) is 0 Å². The molecule has 3 heteroatoms. The van der Waals surface area contributed by atoms with Crippen molar-refractivity contribution in [1.29, 1.82) is 0 Å². The van der Waals surface area contributed by atoms with Crippen LogP contribution in [0.2, 0.25) is 0 Å². The highest BCUT2D eigenvalue weighted by Gasteiger charge is 2.39. The minimum absolute atomic E-state index is 0.0765. The van der Waals surface area contributed by atoms with Crippen LogP contribution in [0.4, 0.5) is 0 Å². The van der Waals surface area contributed by atoms with Gasteiger partial charge < -0.3 is 14.6 Å². The molecule has 0 amide bonds. The van der Waals surface area contributed by atoms with Crippen molar-refractivity contribution in [2.75, 3.05) is 19.8 Å². The molecule has 2 atom stereocenters. The fraction of sp³-hybridized carbons (Fsp3) is 1.00. The van der Waals surface area contributed by atoms with Gasteiger partial charge in [0.1, 0.15) is 0 Å². The first-order valence-corrected chi connectivity index (χ1v) is 7.14. The number of aliphatic hydroxyl groups excluding tert-OH is 1. The van der Waals surface area contributed by atoms with Crippen molar-refractivity contribution in [1.82, 2.24) is 0 Å². The Morgan fingerprint density at radius 1 is 1.29 bits per heavy atom. The van der Waals surface area contributed by atoms with Crippen LogP contribution in [0.25, 0.3) is 0 Å². The van der Waals surface area contributed by atoms with Crippen molar-refractivity contribution in [3.8, 4) is 0 Å². The second kappa shape index (κ2) is 6.17. The maximum atomic E-state index is 9.92. The van der Waals surface area contributed by atoms with Crippen LogP contribution < -0.4 is 0 Å². The third kappa shape index (κ3) is 3.67. The van der Waals surface area contributed by atoms with Crippen LogP contribution in [0.3, 0.4) is 0 Å². The molecule has 2 unspecified atom stereocenters. The van der Waals surface area contributed by atoms with Crippen LogP contribution in [0.15, 0.2) is 0 Å². The molecule has 0 aliphatic carbocycles. The molecule has 0 aromatic heterocycles. The second-order valence-electron chi connectivity index (χ2n) is 5.68. The van der Waals surface area contributed by atoms with Gasteiger partial charge >= 0.3 is 0 Å². The summed E-state index contributed by atoms with van der Waals surface area (Å²) in [5.74, 6) is 0.642. The molecule has 2 rings (SSSR count). The molecule has 0 saturated carbocycles. The lowest BCUT2D eigenvalue weighted by atomic mass is 9.78. The van der Waals surface area contributed by atoms with Crippen molar-refractivity contribution >= 4 is 0 Å². The molecule has 0 aromatic carbocycles. The highest BCUT2D eigenvalue weighted by molar-refractivity contribution is 4.89. The molecule has 2 fully saturated rings. The molecule has 0 bridgehead atoms. The largest absolute Gasteiger partial charge is 0.393 e. The van der Waals surface area contributed by atoms with E-state index in [2.05, 4.69) is 6.92 Å². The average molecular weight is 242 g/mol. The van der Waals surface area contributed by atoms with E-state index in [9.17, 15) is 5.11 Å². The van der Waals surface area contributed by atoms with E-state index in [4.69, 9.17) is 9.47 Å². The summed E-state index contributed by atoms with van der Waals surface area (Å²) >= 11 is 0. The Balaban J connectivity index is 1.83. The Labute approximate surface area is 104 Å². The lowest BCUT2D eigenvalue weighted by Gasteiger charge is -2.43. The molecule has 17 heavy (non-hydrogen) atoms. The van der Waals surface area contributed by atoms with Crippen LogP contribution in [0.5, 0.6) is 0 Å². The van der Waals surface area contributed by atoms with Gasteiger partial charge in [0, 0.05) is 19.8 Å². The highest BCUT2D eigenvalue weighted by atomic mass is 16.5. The summed E-state index contributed by atoms with van der Waals surface area (Å²) in [7, 11) is 0. The fourth-order valence-corrected chi connectivity index (χ4v) is 3.26. The minimum atomic E-state index is -0.111. The highest BCUT2D eigenvalue weighted by Crippen LogP contribution is 2.38. The first-order chi connectivity index (χ1) is 8.24. The van der Waals surface area contributed by atoms with Crippen LogP contribution in [0.1, 0.15) is 51.9 Å². The Morgan fingerprint density at radius 2 is 2.06 bits per heavy atom. The van der Waals surface area contributed by atoms with E-state index in [1.807, 2.05) is 0 Å². The maximum absolute atomic E-state index is 9.92. The summed E-state index contributed by atoms with van der Waals surface area (Å²) in [5, 5.41) is 9.92. The van der Waals surface area contributed by atoms with Crippen molar-refractivity contribution in [2.45, 2.75) is 63.6 Å². The third-order valence-corrected chi connectivity index (χ3v) is 4.23. The molecule has 2 aliphatic heterocycles. The molecule has 2 heterocycles. The Hall–Kier alpha value is -0.120. The van der Waals surface area contributed by atoms with Gasteiger partial charge in [-0.2, -0.15) is 0 Å². The monoisotopic (exact) mass is 242 g/mol. The topological polar surface area (TPSA) is 38.7 Å². The Kier molecular flexibility index (Phi) is 4.83. The van der Waals surface area contributed by atoms with E-state index in [0.717, 1.165) is 64.8 Å². The van der Waals surface area contributed by atoms with Gasteiger partial charge in [-0.05, 0) is 44.4 Å². The lowest BCUT2D eigenvalue weighted by molar-refractivity contribution is -0.149. The van der Waals surface area contributed by atoms with Crippen molar-refractivity contribution in [3.63, 3.8) is 0 Å². The van der Waals surface area contributed by atoms with Crippen molar-refractivity contribution < 1.29 is 14.6 Å². The molecule has 1 N–H and O–H groups in total. The standard InChI is InChI=1S/C14H26O3/c1-2-3-13(15)10-12-4-7-17-14(11-12)5-8-16-9-6-14/h12-13,15H,2-11H2,1H3. The van der Waals surface area contributed by atoms with Crippen LogP contribution in [-0.4, -0.2) is 36.6 Å². The molecule has 1 spiro atoms. The van der Waals surface area contributed by atoms with Crippen LogP contribution in [-0.2, 0) is 9.47 Å². The van der Waals surface area contributed by atoms with Crippen molar-refractivity contribution in [2.24, 2.45) is 5.92 Å². The summed E-state index contributed by atoms with van der Waals surface area (Å²) in [6.07, 6.45) is 7.16. The number of hydrogen-bond acceptors (Lipinski definition) is 3. The van der Waals surface area contributed by atoms with Gasteiger partial charge in [-0.25, -0.2) is 0 Å². The zero-order valence-corrected chi connectivity index (χ0v) is 11.0. The lowest BCUT2D eigenvalue weighted by Crippen LogP contribution is -2.44. The SMILES string of the molecule is CCCC(O)CC1CCOC2(CCOCC2)C1. The molecular formula is C14H26O3. The molecule has 3 nitrogen and oxygen atoms in total. The minimum Gasteiger partial charge on any atom is -0.393 e. The van der Waals surface area contributed by atoms with Gasteiger partial charge in [0.2, 0.25) is 0 Å². The zero-order chi connectivity index (χ0) is 12.1. The molecule has 0 aromatic rings. The predicted octanol–water partition coefficient (Wildman–Crippen LogP) is 2.51. The Bertz CT molecular complexity index is 218. The summed E-state index contributed by atoms with van der Waals surface area (Å²) in [6.45, 7) is 4.67. The summed E-state index contributed by atoms with van der Waals surface area (Å²) in [5.41, 5.74) is 0.0765. The second-order valence-corrected chi connectivity index (χ2v) is 5.68. The fourth-order valence-electron chi connectivity index (χ4n) is 3.26. The smallest absolute Gasteiger partial charge is 0.0729 e. The third-order valence-electron chi connectivity index (χ3n) is 4.23. The molecule has 100 valence electrons. The van der Waals surface area contributed by atoms with Gasteiger partial charge in [0.05, 0.1) is 11.7 Å². The predicted molar refractivity (Wildman–Crippen MR) is 67.0 cm³/mol. The van der Waals surface area contributed by atoms with Crippen LogP contribution in [0, 0.1) is 5.92 Å². The van der Waals surface area contributed by atoms with Crippen molar-refractivity contribution in [3.05, 3.63) is 0 Å². The normalized spacial score (nSPS) is 30.4. The van der Waals surface area contributed by atoms with E-state index < -0.39 is 0 Å². The van der Waals surface area contributed by atoms with E-state index in [1.54, 1.807) is 0 Å². The van der Waals surface area contributed by atoms with E-state index >= 15 is 0 Å². The molecule has 0 radical (unpaired) electrons. The van der Waals surface area contributed by atoms with Gasteiger partial charge in [0.15, 0.2) is 0 Å². The number of ether oxygens (including phenoxy) is 2. The van der Waals surface area contributed by atoms with Gasteiger partial charge in [-0.15, -0.1) is 0 Å². The molecule has 2 aliphatic rings. The van der Waals surface area contributed by atoms with E-state index in [0.29, 0.717) is 5.92 Å². The average Bonchev–Trinajstić information content (AvgIpc) is 2.30. The summed E-state index contributed by atoms with van der Waals surface area (Å²) in [4.78, 5) is 0. The first kappa shape index (κ1) is 13.3. The summed E-state index contributed by atoms with van der Waals surface area (Å²) in [6, 6.07) is 0. The molecular weight excluding hydrogens is 216 g/mol. The summed E-state index contributed by atoms with van der Waals surface area (Å²) < 4.78 is 11.4. The number of aliphatic hydroxyl groups is 1. The quantitative estimate of drug-likeness (QED) is 0.823. The maximum Gasteiger partial charge on any atom is 0.0729 e. The van der Waals surface area contributed by atoms with Crippen LogP contribution >= 0.6 is 0 Å². The Morgan fingerprint density at radius 3 is 2.76 bits per heavy atom. The van der Waals surface area contributed by atoms with Gasteiger partial charge in [-0.3, -0.25) is 0 Å². The van der Waals surface area contributed by atoms with E-state index in [1.165, 1.54) is 0 Å². The zero-order valence-electron chi connectivity index (χ0n) is 11.0. The molecule has 2 saturated heterocycles. The number of hydrogen-bond donors (Lipinski definition) is 1. The van der Waals surface area contributed by atoms with E-state index in [-0.39, 0.29) is 11.7 Å².